The van der Waals surface area contributed by atoms with E-state index in [2.05, 4.69) is 0 Å². The molecule has 0 saturated carbocycles. The summed E-state index contributed by atoms with van der Waals surface area (Å²) in [5, 5.41) is 0. The summed E-state index contributed by atoms with van der Waals surface area (Å²) in [6.45, 7) is 1.60. The molecule has 0 aromatic heterocycles. The lowest BCUT2D eigenvalue weighted by Gasteiger charge is -2.14. The second kappa shape index (κ2) is 5.61. The minimum absolute atomic E-state index is 0.0141. The van der Waals surface area contributed by atoms with Crippen molar-refractivity contribution in [3.63, 3.8) is 0 Å². The average Bonchev–Trinajstić information content (AvgIpc) is 2.96. The highest BCUT2D eigenvalue weighted by atomic mass is 16.6. The molecule has 2 saturated heterocycles. The summed E-state index contributed by atoms with van der Waals surface area (Å²) in [5.74, 6) is -0.272. The Hall–Kier alpha value is -0.650. The smallest absolute Gasteiger partial charge is 0.335 e. The normalized spacial score (nSPS) is 34.2. The third-order valence-electron chi connectivity index (χ3n) is 3.07. The van der Waals surface area contributed by atoms with Crippen molar-refractivity contribution in [1.82, 2.24) is 0 Å². The van der Waals surface area contributed by atoms with Crippen LogP contribution < -0.4 is 5.73 Å². The highest BCUT2D eigenvalue weighted by molar-refractivity contribution is 5.75. The van der Waals surface area contributed by atoms with Crippen LogP contribution in [0.1, 0.15) is 25.7 Å². The van der Waals surface area contributed by atoms with E-state index in [1.807, 2.05) is 0 Å². The second-order valence-corrected chi connectivity index (χ2v) is 4.32. The number of carbonyl (C=O) groups excluding carboxylic acids is 1. The molecule has 0 aromatic rings. The fourth-order valence-electron chi connectivity index (χ4n) is 2.10. The van der Waals surface area contributed by atoms with Gasteiger partial charge in [0.25, 0.3) is 0 Å². The van der Waals surface area contributed by atoms with E-state index < -0.39 is 6.10 Å². The molecular formula is C11H19NO4. The van der Waals surface area contributed by atoms with Gasteiger partial charge in [0.2, 0.25) is 0 Å². The third kappa shape index (κ3) is 2.93. The molecule has 92 valence electrons. The molecule has 0 aliphatic carbocycles. The number of rotatable bonds is 4. The molecule has 0 amide bonds. The van der Waals surface area contributed by atoms with Gasteiger partial charge in [-0.05, 0) is 25.7 Å². The van der Waals surface area contributed by atoms with E-state index in [4.69, 9.17) is 19.9 Å². The zero-order valence-corrected chi connectivity index (χ0v) is 9.39. The lowest BCUT2D eigenvalue weighted by atomic mass is 10.2. The van der Waals surface area contributed by atoms with Crippen LogP contribution in [0.4, 0.5) is 0 Å². The molecule has 3 atom stereocenters. The van der Waals surface area contributed by atoms with Crippen LogP contribution in [0.3, 0.4) is 0 Å². The first-order valence-electron chi connectivity index (χ1n) is 5.93. The molecule has 3 unspecified atom stereocenters. The van der Waals surface area contributed by atoms with Crippen LogP contribution in [-0.2, 0) is 19.0 Å². The molecule has 2 aliphatic heterocycles. The van der Waals surface area contributed by atoms with Gasteiger partial charge in [0.1, 0.15) is 6.61 Å². The Labute approximate surface area is 95.2 Å². The van der Waals surface area contributed by atoms with E-state index in [9.17, 15) is 4.79 Å². The summed E-state index contributed by atoms with van der Waals surface area (Å²) in [6, 6.07) is 0. The van der Waals surface area contributed by atoms with Crippen molar-refractivity contribution in [3.05, 3.63) is 0 Å². The Kier molecular flexibility index (Phi) is 4.15. The molecule has 2 aliphatic rings. The predicted molar refractivity (Wildman–Crippen MR) is 56.9 cm³/mol. The Balaban J connectivity index is 1.67. The number of esters is 1. The van der Waals surface area contributed by atoms with Crippen LogP contribution in [0.2, 0.25) is 0 Å². The van der Waals surface area contributed by atoms with Gasteiger partial charge >= 0.3 is 5.97 Å². The van der Waals surface area contributed by atoms with Crippen LogP contribution in [0.5, 0.6) is 0 Å². The summed E-state index contributed by atoms with van der Waals surface area (Å²) >= 11 is 0. The van der Waals surface area contributed by atoms with Gasteiger partial charge in [-0.25, -0.2) is 4.79 Å². The van der Waals surface area contributed by atoms with E-state index >= 15 is 0 Å². The second-order valence-electron chi connectivity index (χ2n) is 4.32. The van der Waals surface area contributed by atoms with Gasteiger partial charge in [0.05, 0.1) is 12.2 Å². The number of nitrogens with two attached hydrogens (primary N) is 1. The number of hydrogen-bond donors (Lipinski definition) is 1. The van der Waals surface area contributed by atoms with Gasteiger partial charge in [-0.3, -0.25) is 0 Å². The Morgan fingerprint density at radius 1 is 1.31 bits per heavy atom. The predicted octanol–water partition coefficient (Wildman–Crippen LogP) is 0.215. The van der Waals surface area contributed by atoms with Crippen LogP contribution in [0.25, 0.3) is 0 Å². The molecule has 0 radical (unpaired) electrons. The summed E-state index contributed by atoms with van der Waals surface area (Å²) in [6.07, 6.45) is 3.26. The minimum Gasteiger partial charge on any atom is -0.461 e. The maximum Gasteiger partial charge on any atom is 0.335 e. The SMILES string of the molecule is NCC1CCC(C(=O)OCC2CCCO2)O1. The van der Waals surface area contributed by atoms with Crippen molar-refractivity contribution < 1.29 is 19.0 Å². The first kappa shape index (κ1) is 11.8. The topological polar surface area (TPSA) is 70.8 Å². The average molecular weight is 229 g/mol. The molecule has 16 heavy (non-hydrogen) atoms. The third-order valence-corrected chi connectivity index (χ3v) is 3.07. The van der Waals surface area contributed by atoms with Crippen molar-refractivity contribution in [3.8, 4) is 0 Å². The molecule has 2 N–H and O–H groups in total. The van der Waals surface area contributed by atoms with Gasteiger partial charge < -0.3 is 19.9 Å². The molecule has 5 heteroatoms. The molecule has 2 heterocycles. The van der Waals surface area contributed by atoms with Gasteiger partial charge in [0, 0.05) is 13.2 Å². The van der Waals surface area contributed by atoms with Crippen molar-refractivity contribution in [2.45, 2.75) is 44.0 Å². The van der Waals surface area contributed by atoms with Crippen molar-refractivity contribution in [2.24, 2.45) is 5.73 Å². The maximum absolute atomic E-state index is 11.6. The molecule has 5 nitrogen and oxygen atoms in total. The highest BCUT2D eigenvalue weighted by Crippen LogP contribution is 2.20. The van der Waals surface area contributed by atoms with Crippen molar-refractivity contribution >= 4 is 5.97 Å². The lowest BCUT2D eigenvalue weighted by molar-refractivity contribution is -0.159. The van der Waals surface area contributed by atoms with E-state index in [0.717, 1.165) is 25.9 Å². The fraction of sp³-hybridized carbons (Fsp3) is 0.909. The molecular weight excluding hydrogens is 210 g/mol. The number of hydrogen-bond acceptors (Lipinski definition) is 5. The van der Waals surface area contributed by atoms with Gasteiger partial charge in [0.15, 0.2) is 6.10 Å². The molecule has 0 spiro atoms. The summed E-state index contributed by atoms with van der Waals surface area (Å²) in [7, 11) is 0. The monoisotopic (exact) mass is 229 g/mol. The molecule has 2 fully saturated rings. The first-order chi connectivity index (χ1) is 7.79. The van der Waals surface area contributed by atoms with Crippen LogP contribution in [0, 0.1) is 0 Å². The standard InChI is InChI=1S/C11H19NO4/c12-6-8-3-4-10(16-8)11(13)15-7-9-2-1-5-14-9/h8-10H,1-7,12H2. The van der Waals surface area contributed by atoms with Crippen LogP contribution in [0.15, 0.2) is 0 Å². The van der Waals surface area contributed by atoms with Gasteiger partial charge in [-0.1, -0.05) is 0 Å². The first-order valence-corrected chi connectivity index (χ1v) is 5.93. The fourth-order valence-corrected chi connectivity index (χ4v) is 2.10. The Bertz CT molecular complexity index is 240. The van der Waals surface area contributed by atoms with Gasteiger partial charge in [-0.15, -0.1) is 0 Å². The zero-order valence-electron chi connectivity index (χ0n) is 9.39. The molecule has 0 bridgehead atoms. The summed E-state index contributed by atoms with van der Waals surface area (Å²) in [4.78, 5) is 11.6. The Morgan fingerprint density at radius 3 is 2.81 bits per heavy atom. The van der Waals surface area contributed by atoms with Crippen LogP contribution in [-0.4, -0.2) is 44.0 Å². The van der Waals surface area contributed by atoms with E-state index in [1.54, 1.807) is 0 Å². The maximum atomic E-state index is 11.6. The molecule has 0 aromatic carbocycles. The van der Waals surface area contributed by atoms with E-state index in [-0.39, 0.29) is 18.2 Å². The minimum atomic E-state index is -0.421. The largest absolute Gasteiger partial charge is 0.461 e. The Morgan fingerprint density at radius 2 is 2.19 bits per heavy atom. The number of carbonyl (C=O) groups is 1. The van der Waals surface area contributed by atoms with E-state index in [0.29, 0.717) is 19.6 Å². The van der Waals surface area contributed by atoms with Crippen molar-refractivity contribution in [2.75, 3.05) is 19.8 Å². The summed E-state index contributed by atoms with van der Waals surface area (Å²) in [5.41, 5.74) is 5.47. The van der Waals surface area contributed by atoms with Crippen molar-refractivity contribution in [1.29, 1.82) is 0 Å². The van der Waals surface area contributed by atoms with Crippen LogP contribution >= 0.6 is 0 Å². The molecule has 2 rings (SSSR count). The highest BCUT2D eigenvalue weighted by Gasteiger charge is 2.31. The quantitative estimate of drug-likeness (QED) is 0.698. The van der Waals surface area contributed by atoms with E-state index in [1.165, 1.54) is 0 Å². The lowest BCUT2D eigenvalue weighted by Crippen LogP contribution is -2.29. The van der Waals surface area contributed by atoms with Gasteiger partial charge in [-0.2, -0.15) is 0 Å². The summed E-state index contributed by atoms with van der Waals surface area (Å²) < 4.78 is 16.0. The zero-order chi connectivity index (χ0) is 11.4. The number of ether oxygens (including phenoxy) is 3.